The number of benzene rings is 2. The van der Waals surface area contributed by atoms with Gasteiger partial charge in [-0.25, -0.2) is 4.39 Å². The fourth-order valence-corrected chi connectivity index (χ4v) is 3.02. The van der Waals surface area contributed by atoms with Crippen LogP contribution in [0.25, 0.3) is 0 Å². The molecule has 1 aliphatic rings. The van der Waals surface area contributed by atoms with Gasteiger partial charge in [-0.3, -0.25) is 9.79 Å². The molecule has 0 bridgehead atoms. The van der Waals surface area contributed by atoms with Crippen molar-refractivity contribution >= 4 is 17.6 Å². The zero-order valence-corrected chi connectivity index (χ0v) is 14.8. The molecule has 0 saturated carbocycles. The summed E-state index contributed by atoms with van der Waals surface area (Å²) < 4.78 is 13.5. The van der Waals surface area contributed by atoms with Crippen molar-refractivity contribution in [3.63, 3.8) is 0 Å². The van der Waals surface area contributed by atoms with E-state index in [0.717, 1.165) is 18.5 Å². The lowest BCUT2D eigenvalue weighted by atomic mass is 10.1. The van der Waals surface area contributed by atoms with Gasteiger partial charge in [-0.15, -0.1) is 0 Å². The number of hydrogen-bond donors (Lipinski definition) is 3. The summed E-state index contributed by atoms with van der Waals surface area (Å²) in [7, 11) is 0. The molecule has 136 valence electrons. The molecule has 0 unspecified atom stereocenters. The molecule has 0 aliphatic heterocycles. The highest BCUT2D eigenvalue weighted by atomic mass is 19.1. The fourth-order valence-electron chi connectivity index (χ4n) is 3.02. The lowest BCUT2D eigenvalue weighted by Gasteiger charge is -2.08. The van der Waals surface area contributed by atoms with E-state index in [-0.39, 0.29) is 5.91 Å². The van der Waals surface area contributed by atoms with Gasteiger partial charge >= 0.3 is 0 Å². The van der Waals surface area contributed by atoms with Gasteiger partial charge in [0.15, 0.2) is 5.96 Å². The average Bonchev–Trinajstić information content (AvgIpc) is 3.08. The van der Waals surface area contributed by atoms with Crippen LogP contribution < -0.4 is 16.4 Å². The Labute approximate surface area is 152 Å². The Morgan fingerprint density at radius 1 is 1.19 bits per heavy atom. The molecule has 4 N–H and O–H groups in total. The predicted molar refractivity (Wildman–Crippen MR) is 102 cm³/mol. The van der Waals surface area contributed by atoms with Crippen molar-refractivity contribution in [1.29, 1.82) is 0 Å². The first-order chi connectivity index (χ1) is 12.5. The van der Waals surface area contributed by atoms with Crippen molar-refractivity contribution in [1.82, 2.24) is 5.32 Å². The maximum absolute atomic E-state index is 13.5. The van der Waals surface area contributed by atoms with Crippen LogP contribution in [-0.4, -0.2) is 25.0 Å². The smallest absolute Gasteiger partial charge is 0.251 e. The SMILES string of the molecule is Cc1ccc(C(=O)NCCN=C(N)Nc2ccc3c(c2)CCC3)cc1F. The van der Waals surface area contributed by atoms with Crippen molar-refractivity contribution in [2.45, 2.75) is 26.2 Å². The number of nitrogens with zero attached hydrogens (tertiary/aromatic N) is 1. The number of carbonyl (C=O) groups excluding carboxylic acids is 1. The van der Waals surface area contributed by atoms with Gasteiger partial charge in [-0.2, -0.15) is 0 Å². The fraction of sp³-hybridized carbons (Fsp3) is 0.300. The number of nitrogens with one attached hydrogen (secondary N) is 2. The Bertz CT molecular complexity index is 848. The highest BCUT2D eigenvalue weighted by molar-refractivity contribution is 5.94. The first-order valence-electron chi connectivity index (χ1n) is 8.76. The Kier molecular flexibility index (Phi) is 5.51. The van der Waals surface area contributed by atoms with Crippen LogP contribution in [0.2, 0.25) is 0 Å². The predicted octanol–water partition coefficient (Wildman–Crippen LogP) is 2.78. The highest BCUT2D eigenvalue weighted by Crippen LogP contribution is 2.24. The van der Waals surface area contributed by atoms with E-state index in [1.165, 1.54) is 23.6 Å². The molecule has 0 radical (unpaired) electrons. The lowest BCUT2D eigenvalue weighted by Crippen LogP contribution is -2.28. The molecule has 0 saturated heterocycles. The van der Waals surface area contributed by atoms with Gasteiger partial charge in [0, 0.05) is 17.8 Å². The van der Waals surface area contributed by atoms with Crippen molar-refractivity contribution in [2.75, 3.05) is 18.4 Å². The topological polar surface area (TPSA) is 79.5 Å². The Balaban J connectivity index is 1.47. The van der Waals surface area contributed by atoms with Gasteiger partial charge in [-0.1, -0.05) is 12.1 Å². The van der Waals surface area contributed by atoms with Crippen molar-refractivity contribution in [3.8, 4) is 0 Å². The van der Waals surface area contributed by atoms with E-state index in [2.05, 4.69) is 27.8 Å². The average molecular weight is 354 g/mol. The monoisotopic (exact) mass is 354 g/mol. The summed E-state index contributed by atoms with van der Waals surface area (Å²) in [6.45, 7) is 2.31. The van der Waals surface area contributed by atoms with Gasteiger partial charge in [0.1, 0.15) is 5.82 Å². The molecule has 5 nitrogen and oxygen atoms in total. The zero-order chi connectivity index (χ0) is 18.5. The minimum absolute atomic E-state index is 0.293. The van der Waals surface area contributed by atoms with E-state index in [1.807, 2.05) is 6.07 Å². The molecule has 1 aliphatic carbocycles. The summed E-state index contributed by atoms with van der Waals surface area (Å²) in [6, 6.07) is 10.6. The van der Waals surface area contributed by atoms with Crippen LogP contribution in [0.15, 0.2) is 41.4 Å². The second-order valence-electron chi connectivity index (χ2n) is 6.45. The number of halogens is 1. The molecule has 1 amide bonds. The van der Waals surface area contributed by atoms with Crippen LogP contribution in [0.4, 0.5) is 10.1 Å². The number of rotatable bonds is 5. The molecule has 0 heterocycles. The van der Waals surface area contributed by atoms with Gasteiger partial charge < -0.3 is 16.4 Å². The molecule has 0 fully saturated rings. The van der Waals surface area contributed by atoms with Gasteiger partial charge in [-0.05, 0) is 67.1 Å². The standard InChI is InChI=1S/C20H23FN4O/c1-13-5-6-16(12-18(13)21)19(26)23-9-10-24-20(22)25-17-8-7-14-3-2-4-15(14)11-17/h5-8,11-12H,2-4,9-10H2,1H3,(H,23,26)(H3,22,24,25). The Morgan fingerprint density at radius 2 is 2.00 bits per heavy atom. The third kappa shape index (κ3) is 4.39. The molecule has 0 spiro atoms. The maximum Gasteiger partial charge on any atom is 0.251 e. The number of amides is 1. The summed E-state index contributed by atoms with van der Waals surface area (Å²) in [5.41, 5.74) is 10.4. The molecule has 26 heavy (non-hydrogen) atoms. The van der Waals surface area contributed by atoms with E-state index in [0.29, 0.717) is 30.2 Å². The number of fused-ring (bicyclic) bond motifs is 1. The number of guanidine groups is 1. The normalized spacial score (nSPS) is 13.4. The number of aliphatic imine (C=N–C) groups is 1. The number of nitrogens with two attached hydrogens (primary N) is 1. The van der Waals surface area contributed by atoms with E-state index in [9.17, 15) is 9.18 Å². The lowest BCUT2D eigenvalue weighted by molar-refractivity contribution is 0.0954. The van der Waals surface area contributed by atoms with Crippen molar-refractivity contribution in [2.24, 2.45) is 10.7 Å². The van der Waals surface area contributed by atoms with E-state index < -0.39 is 5.82 Å². The molecule has 2 aromatic carbocycles. The number of carbonyl (C=O) groups is 1. The summed E-state index contributed by atoms with van der Waals surface area (Å²) in [6.07, 6.45) is 3.45. The summed E-state index contributed by atoms with van der Waals surface area (Å²) in [4.78, 5) is 16.2. The number of hydrogen-bond acceptors (Lipinski definition) is 2. The van der Waals surface area contributed by atoms with Gasteiger partial charge in [0.25, 0.3) is 5.91 Å². The highest BCUT2D eigenvalue weighted by Gasteiger charge is 2.11. The Morgan fingerprint density at radius 3 is 2.81 bits per heavy atom. The summed E-state index contributed by atoms with van der Waals surface area (Å²) in [5.74, 6) is -0.415. The quantitative estimate of drug-likeness (QED) is 0.439. The number of aryl methyl sites for hydroxylation is 3. The van der Waals surface area contributed by atoms with Crippen LogP contribution in [0, 0.1) is 12.7 Å². The van der Waals surface area contributed by atoms with E-state index >= 15 is 0 Å². The van der Waals surface area contributed by atoms with Gasteiger partial charge in [0.05, 0.1) is 6.54 Å². The molecular formula is C20H23FN4O. The zero-order valence-electron chi connectivity index (χ0n) is 14.8. The first-order valence-corrected chi connectivity index (χ1v) is 8.76. The van der Waals surface area contributed by atoms with Crippen LogP contribution in [0.1, 0.15) is 33.5 Å². The molecule has 6 heteroatoms. The maximum atomic E-state index is 13.5. The first kappa shape index (κ1) is 17.9. The summed E-state index contributed by atoms with van der Waals surface area (Å²) in [5, 5.41) is 5.77. The van der Waals surface area contributed by atoms with Crippen molar-refractivity contribution in [3.05, 3.63) is 64.5 Å². The minimum atomic E-state index is -0.390. The van der Waals surface area contributed by atoms with Crippen LogP contribution in [0.5, 0.6) is 0 Å². The largest absolute Gasteiger partial charge is 0.370 e. The van der Waals surface area contributed by atoms with E-state index in [1.54, 1.807) is 19.1 Å². The van der Waals surface area contributed by atoms with Crippen molar-refractivity contribution < 1.29 is 9.18 Å². The van der Waals surface area contributed by atoms with Crippen LogP contribution >= 0.6 is 0 Å². The molecule has 2 aromatic rings. The van der Waals surface area contributed by atoms with Crippen LogP contribution in [0.3, 0.4) is 0 Å². The molecule has 0 atom stereocenters. The number of anilines is 1. The minimum Gasteiger partial charge on any atom is -0.370 e. The molecule has 0 aromatic heterocycles. The third-order valence-electron chi connectivity index (χ3n) is 4.48. The second kappa shape index (κ2) is 7.99. The molecule has 3 rings (SSSR count). The Hall–Kier alpha value is -2.89. The van der Waals surface area contributed by atoms with Gasteiger partial charge in [0.2, 0.25) is 0 Å². The van der Waals surface area contributed by atoms with E-state index in [4.69, 9.17) is 5.73 Å². The third-order valence-corrected chi connectivity index (χ3v) is 4.48. The second-order valence-corrected chi connectivity index (χ2v) is 6.45. The molecular weight excluding hydrogens is 331 g/mol. The summed E-state index contributed by atoms with van der Waals surface area (Å²) >= 11 is 0. The van der Waals surface area contributed by atoms with Crippen LogP contribution in [-0.2, 0) is 12.8 Å².